The molecule has 3 aromatic rings. The second-order valence-electron chi connectivity index (χ2n) is 8.25. The van der Waals surface area contributed by atoms with Gasteiger partial charge in [0.25, 0.3) is 0 Å². The molecule has 6 heteroatoms. The average Bonchev–Trinajstić information content (AvgIpc) is 3.21. The predicted molar refractivity (Wildman–Crippen MR) is 125 cm³/mol. The van der Waals surface area contributed by atoms with Gasteiger partial charge in [-0.3, -0.25) is 14.3 Å². The first-order chi connectivity index (χ1) is 15.6. The summed E-state index contributed by atoms with van der Waals surface area (Å²) in [7, 11) is 0. The van der Waals surface area contributed by atoms with E-state index in [2.05, 4.69) is 12.1 Å². The Morgan fingerprint density at radius 1 is 1.00 bits per heavy atom. The lowest BCUT2D eigenvalue weighted by Gasteiger charge is -2.30. The molecule has 0 spiro atoms. The van der Waals surface area contributed by atoms with E-state index in [1.807, 2.05) is 70.4 Å². The van der Waals surface area contributed by atoms with Crippen LogP contribution in [0.15, 0.2) is 72.9 Å². The van der Waals surface area contributed by atoms with Crippen molar-refractivity contribution in [3.05, 3.63) is 84.1 Å². The molecular weight excluding hydrogens is 400 g/mol. The summed E-state index contributed by atoms with van der Waals surface area (Å²) in [6, 6.07) is 20.2. The van der Waals surface area contributed by atoms with Crippen molar-refractivity contribution >= 4 is 17.9 Å². The molecule has 164 valence electrons. The fourth-order valence-corrected chi connectivity index (χ4v) is 4.14. The Bertz CT molecular complexity index is 1080. The number of hydrogen-bond acceptors (Lipinski definition) is 3. The number of nitrogens with two attached hydrogens (primary N) is 1. The Morgan fingerprint density at radius 3 is 2.31 bits per heavy atom. The van der Waals surface area contributed by atoms with Gasteiger partial charge in [0, 0.05) is 42.9 Å². The van der Waals surface area contributed by atoms with E-state index in [1.54, 1.807) is 6.08 Å². The Hall–Kier alpha value is -3.67. The number of piperidine rings is 1. The van der Waals surface area contributed by atoms with Crippen LogP contribution in [0.4, 0.5) is 0 Å². The molecule has 0 atom stereocenters. The van der Waals surface area contributed by atoms with E-state index in [-0.39, 0.29) is 17.7 Å². The third-order valence-electron chi connectivity index (χ3n) is 5.85. The highest BCUT2D eigenvalue weighted by Gasteiger charge is 2.22. The second kappa shape index (κ2) is 10.1. The van der Waals surface area contributed by atoms with Gasteiger partial charge in [-0.25, -0.2) is 0 Å². The van der Waals surface area contributed by atoms with Crippen LogP contribution < -0.4 is 5.73 Å². The third kappa shape index (κ3) is 5.52. The molecule has 0 unspecified atom stereocenters. The molecule has 32 heavy (non-hydrogen) atoms. The van der Waals surface area contributed by atoms with Crippen molar-refractivity contribution in [2.75, 3.05) is 13.1 Å². The first-order valence-corrected chi connectivity index (χ1v) is 11.0. The van der Waals surface area contributed by atoms with Crippen LogP contribution in [0.25, 0.3) is 17.3 Å². The minimum atomic E-state index is -0.268. The minimum Gasteiger partial charge on any atom is -0.370 e. The SMILES string of the molecule is NC(=O)CC1CCN(C(=O)/C=C/c2cn(Cc3ccccc3)nc2-c2ccccc2)CC1. The highest BCUT2D eigenvalue weighted by molar-refractivity contribution is 5.93. The number of primary amides is 1. The van der Waals surface area contributed by atoms with Crippen LogP contribution in [0.2, 0.25) is 0 Å². The molecule has 0 bridgehead atoms. The fraction of sp³-hybridized carbons (Fsp3) is 0.269. The third-order valence-corrected chi connectivity index (χ3v) is 5.85. The van der Waals surface area contributed by atoms with E-state index in [9.17, 15) is 9.59 Å². The number of carbonyl (C=O) groups excluding carboxylic acids is 2. The number of likely N-dealkylation sites (tertiary alicyclic amines) is 1. The molecular formula is C26H28N4O2. The number of nitrogens with zero attached hydrogens (tertiary/aromatic N) is 3. The maximum atomic E-state index is 12.8. The van der Waals surface area contributed by atoms with Gasteiger partial charge in [-0.2, -0.15) is 5.10 Å². The average molecular weight is 429 g/mol. The van der Waals surface area contributed by atoms with Crippen LogP contribution in [0.5, 0.6) is 0 Å². The van der Waals surface area contributed by atoms with Crippen LogP contribution >= 0.6 is 0 Å². The van der Waals surface area contributed by atoms with Gasteiger partial charge in [0.2, 0.25) is 11.8 Å². The standard InChI is InChI=1S/C26H28N4O2/c27-24(31)17-20-13-15-29(16-14-20)25(32)12-11-23-19-30(18-21-7-3-1-4-8-21)28-26(23)22-9-5-2-6-10-22/h1-12,19-20H,13-18H2,(H2,27,31)/b12-11+. The van der Waals surface area contributed by atoms with Crippen molar-refractivity contribution in [3.8, 4) is 11.3 Å². The lowest BCUT2D eigenvalue weighted by atomic mass is 9.93. The highest BCUT2D eigenvalue weighted by atomic mass is 16.2. The Balaban J connectivity index is 1.50. The van der Waals surface area contributed by atoms with Gasteiger partial charge in [-0.15, -0.1) is 0 Å². The molecule has 1 aliphatic heterocycles. The number of hydrogen-bond donors (Lipinski definition) is 1. The molecule has 2 amide bonds. The Morgan fingerprint density at radius 2 is 1.66 bits per heavy atom. The number of rotatable bonds is 7. The zero-order valence-electron chi connectivity index (χ0n) is 18.1. The van der Waals surface area contributed by atoms with Crippen molar-refractivity contribution in [3.63, 3.8) is 0 Å². The largest absolute Gasteiger partial charge is 0.370 e. The van der Waals surface area contributed by atoms with Gasteiger partial charge in [0.05, 0.1) is 12.2 Å². The molecule has 6 nitrogen and oxygen atoms in total. The Kier molecular flexibility index (Phi) is 6.80. The molecule has 0 aliphatic carbocycles. The number of aromatic nitrogens is 2. The van der Waals surface area contributed by atoms with Crippen LogP contribution in [-0.2, 0) is 16.1 Å². The maximum absolute atomic E-state index is 12.8. The molecule has 1 saturated heterocycles. The van der Waals surface area contributed by atoms with Crippen LogP contribution in [0, 0.1) is 5.92 Å². The number of benzene rings is 2. The summed E-state index contributed by atoms with van der Waals surface area (Å²) in [5.74, 6) is -0.00518. The van der Waals surface area contributed by atoms with Crippen molar-refractivity contribution in [2.45, 2.75) is 25.8 Å². The first-order valence-electron chi connectivity index (χ1n) is 11.0. The van der Waals surface area contributed by atoms with Crippen molar-refractivity contribution < 1.29 is 9.59 Å². The summed E-state index contributed by atoms with van der Waals surface area (Å²) in [4.78, 5) is 25.7. The predicted octanol–water partition coefficient (Wildman–Crippen LogP) is 3.73. The molecule has 0 radical (unpaired) electrons. The molecule has 2 aromatic carbocycles. The highest BCUT2D eigenvalue weighted by Crippen LogP contribution is 2.24. The van der Waals surface area contributed by atoms with Crippen molar-refractivity contribution in [1.29, 1.82) is 0 Å². The number of carbonyl (C=O) groups is 2. The zero-order valence-corrected chi connectivity index (χ0v) is 18.1. The molecule has 2 N–H and O–H groups in total. The summed E-state index contributed by atoms with van der Waals surface area (Å²) in [5.41, 5.74) is 9.24. The minimum absolute atomic E-state index is 0.0163. The maximum Gasteiger partial charge on any atom is 0.246 e. The summed E-state index contributed by atoms with van der Waals surface area (Å²) in [6.45, 7) is 1.97. The van der Waals surface area contributed by atoms with Crippen LogP contribution in [-0.4, -0.2) is 39.6 Å². The quantitative estimate of drug-likeness (QED) is 0.582. The van der Waals surface area contributed by atoms with E-state index in [0.717, 1.165) is 29.7 Å². The molecule has 1 fully saturated rings. The van der Waals surface area contributed by atoms with Gasteiger partial charge in [0.1, 0.15) is 0 Å². The van der Waals surface area contributed by atoms with Gasteiger partial charge < -0.3 is 10.6 Å². The molecule has 1 aliphatic rings. The lowest BCUT2D eigenvalue weighted by molar-refractivity contribution is -0.127. The molecule has 4 rings (SSSR count). The summed E-state index contributed by atoms with van der Waals surface area (Å²) < 4.78 is 1.91. The smallest absolute Gasteiger partial charge is 0.246 e. The second-order valence-corrected chi connectivity index (χ2v) is 8.25. The first kappa shape index (κ1) is 21.6. The molecule has 2 heterocycles. The molecule has 1 aromatic heterocycles. The van der Waals surface area contributed by atoms with Crippen molar-refractivity contribution in [2.24, 2.45) is 11.7 Å². The van der Waals surface area contributed by atoms with E-state index in [0.29, 0.717) is 26.1 Å². The summed E-state index contributed by atoms with van der Waals surface area (Å²) in [6.07, 6.45) is 7.50. The normalized spacial score (nSPS) is 14.7. The van der Waals surface area contributed by atoms with Gasteiger partial charge >= 0.3 is 0 Å². The van der Waals surface area contributed by atoms with Crippen molar-refractivity contribution in [1.82, 2.24) is 14.7 Å². The summed E-state index contributed by atoms with van der Waals surface area (Å²) in [5, 5.41) is 4.80. The van der Waals surface area contributed by atoms with E-state index >= 15 is 0 Å². The topological polar surface area (TPSA) is 81.2 Å². The fourth-order valence-electron chi connectivity index (χ4n) is 4.14. The van der Waals surface area contributed by atoms with Gasteiger partial charge in [-0.05, 0) is 30.4 Å². The Labute approximate surface area is 188 Å². The monoisotopic (exact) mass is 428 g/mol. The number of amides is 2. The van der Waals surface area contributed by atoms with E-state index in [4.69, 9.17) is 10.8 Å². The zero-order chi connectivity index (χ0) is 22.3. The van der Waals surface area contributed by atoms with Gasteiger partial charge in [-0.1, -0.05) is 60.7 Å². The van der Waals surface area contributed by atoms with E-state index < -0.39 is 0 Å². The van der Waals surface area contributed by atoms with Crippen LogP contribution in [0.3, 0.4) is 0 Å². The van der Waals surface area contributed by atoms with E-state index in [1.165, 1.54) is 5.56 Å². The molecule has 0 saturated carbocycles. The van der Waals surface area contributed by atoms with Gasteiger partial charge in [0.15, 0.2) is 0 Å². The summed E-state index contributed by atoms with van der Waals surface area (Å²) >= 11 is 0. The lowest BCUT2D eigenvalue weighted by Crippen LogP contribution is -2.38. The van der Waals surface area contributed by atoms with Crippen LogP contribution in [0.1, 0.15) is 30.4 Å².